The lowest BCUT2D eigenvalue weighted by Gasteiger charge is -2.10. The van der Waals surface area contributed by atoms with E-state index in [1.54, 1.807) is 18.2 Å². The van der Waals surface area contributed by atoms with E-state index in [0.717, 1.165) is 0 Å². The smallest absolute Gasteiger partial charge is 0.306 e. The van der Waals surface area contributed by atoms with Gasteiger partial charge in [0, 0.05) is 12.0 Å². The molecule has 1 saturated heterocycles. The van der Waals surface area contributed by atoms with Gasteiger partial charge >= 0.3 is 5.97 Å². The van der Waals surface area contributed by atoms with Crippen LogP contribution in [0.5, 0.6) is 5.75 Å². The molecule has 1 aliphatic heterocycles. The summed E-state index contributed by atoms with van der Waals surface area (Å²) in [4.78, 5) is 10.8. The van der Waals surface area contributed by atoms with E-state index >= 15 is 0 Å². The van der Waals surface area contributed by atoms with Crippen LogP contribution in [-0.4, -0.2) is 11.1 Å². The van der Waals surface area contributed by atoms with Crippen molar-refractivity contribution in [2.75, 3.05) is 0 Å². The largest absolute Gasteiger partial charge is 0.508 e. The van der Waals surface area contributed by atoms with E-state index < -0.39 is 0 Å². The maximum absolute atomic E-state index is 10.8. The first-order valence-electron chi connectivity index (χ1n) is 4.25. The standard InChI is InChI=1S/C10H10O3/c11-8-4-2-1-3-7(8)9-5-6-10(12)13-9/h1-4,9,11H,5-6H2. The van der Waals surface area contributed by atoms with Crippen molar-refractivity contribution in [2.45, 2.75) is 18.9 Å². The predicted octanol–water partition coefficient (Wildman–Crippen LogP) is 1.77. The fourth-order valence-electron chi connectivity index (χ4n) is 1.50. The van der Waals surface area contributed by atoms with Crippen LogP contribution < -0.4 is 0 Å². The average molecular weight is 178 g/mol. The summed E-state index contributed by atoms with van der Waals surface area (Å²) in [5.41, 5.74) is 0.702. The number of phenolic OH excluding ortho intramolecular Hbond substituents is 1. The molecule has 0 radical (unpaired) electrons. The molecule has 0 saturated carbocycles. The van der Waals surface area contributed by atoms with Crippen LogP contribution in [0.3, 0.4) is 0 Å². The molecule has 1 aromatic carbocycles. The first kappa shape index (κ1) is 8.10. The van der Waals surface area contributed by atoms with Crippen molar-refractivity contribution in [1.82, 2.24) is 0 Å². The van der Waals surface area contributed by atoms with Crippen molar-refractivity contribution in [3.63, 3.8) is 0 Å². The zero-order valence-electron chi connectivity index (χ0n) is 7.06. The Balaban J connectivity index is 2.26. The molecule has 68 valence electrons. The first-order chi connectivity index (χ1) is 6.27. The molecular formula is C10H10O3. The molecule has 0 aliphatic carbocycles. The molecule has 1 N–H and O–H groups in total. The van der Waals surface area contributed by atoms with Crippen LogP contribution in [0.4, 0.5) is 0 Å². The number of para-hydroxylation sites is 1. The Morgan fingerprint density at radius 2 is 2.15 bits per heavy atom. The first-order valence-corrected chi connectivity index (χ1v) is 4.25. The third-order valence-corrected chi connectivity index (χ3v) is 2.17. The third kappa shape index (κ3) is 1.49. The quantitative estimate of drug-likeness (QED) is 0.666. The van der Waals surface area contributed by atoms with Gasteiger partial charge < -0.3 is 9.84 Å². The number of carbonyl (C=O) groups excluding carboxylic acids is 1. The van der Waals surface area contributed by atoms with E-state index in [-0.39, 0.29) is 17.8 Å². The summed E-state index contributed by atoms with van der Waals surface area (Å²) < 4.78 is 5.03. The van der Waals surface area contributed by atoms with Gasteiger partial charge in [0.15, 0.2) is 0 Å². The van der Waals surface area contributed by atoms with Gasteiger partial charge in [0.1, 0.15) is 11.9 Å². The molecule has 3 heteroatoms. The van der Waals surface area contributed by atoms with E-state index in [1.165, 1.54) is 0 Å². The van der Waals surface area contributed by atoms with Crippen LogP contribution >= 0.6 is 0 Å². The highest BCUT2D eigenvalue weighted by atomic mass is 16.5. The minimum absolute atomic E-state index is 0.187. The number of phenols is 1. The van der Waals surface area contributed by atoms with E-state index in [2.05, 4.69) is 0 Å². The van der Waals surface area contributed by atoms with Crippen LogP contribution in [0.2, 0.25) is 0 Å². The second-order valence-corrected chi connectivity index (χ2v) is 3.08. The van der Waals surface area contributed by atoms with Gasteiger partial charge in [0.2, 0.25) is 0 Å². The van der Waals surface area contributed by atoms with E-state index in [1.807, 2.05) is 6.07 Å². The van der Waals surface area contributed by atoms with Crippen molar-refractivity contribution in [3.05, 3.63) is 29.8 Å². The summed E-state index contributed by atoms with van der Waals surface area (Å²) in [5, 5.41) is 9.47. The third-order valence-electron chi connectivity index (χ3n) is 2.17. The van der Waals surface area contributed by atoms with Crippen LogP contribution in [-0.2, 0) is 9.53 Å². The zero-order valence-corrected chi connectivity index (χ0v) is 7.06. The molecule has 2 rings (SSSR count). The Morgan fingerprint density at radius 3 is 2.77 bits per heavy atom. The van der Waals surface area contributed by atoms with Gasteiger partial charge in [-0.25, -0.2) is 0 Å². The van der Waals surface area contributed by atoms with Gasteiger partial charge in [0.05, 0.1) is 0 Å². The number of ether oxygens (including phenoxy) is 1. The topological polar surface area (TPSA) is 46.5 Å². The monoisotopic (exact) mass is 178 g/mol. The highest BCUT2D eigenvalue weighted by Gasteiger charge is 2.26. The summed E-state index contributed by atoms with van der Waals surface area (Å²) in [6.07, 6.45) is 0.851. The number of aromatic hydroxyl groups is 1. The van der Waals surface area contributed by atoms with Crippen molar-refractivity contribution in [3.8, 4) is 5.75 Å². The molecule has 13 heavy (non-hydrogen) atoms. The van der Waals surface area contributed by atoms with Gasteiger partial charge in [0.25, 0.3) is 0 Å². The molecule has 1 fully saturated rings. The van der Waals surface area contributed by atoms with Crippen LogP contribution in [0.25, 0.3) is 0 Å². The Morgan fingerprint density at radius 1 is 1.38 bits per heavy atom. The molecule has 1 aliphatic rings. The Hall–Kier alpha value is -1.51. The summed E-state index contributed by atoms with van der Waals surface area (Å²) >= 11 is 0. The lowest BCUT2D eigenvalue weighted by Crippen LogP contribution is -1.98. The van der Waals surface area contributed by atoms with Crippen molar-refractivity contribution >= 4 is 5.97 Å². The van der Waals surface area contributed by atoms with Crippen molar-refractivity contribution < 1.29 is 14.6 Å². The highest BCUT2D eigenvalue weighted by Crippen LogP contribution is 2.34. The fourth-order valence-corrected chi connectivity index (χ4v) is 1.50. The fraction of sp³-hybridized carbons (Fsp3) is 0.300. The Kier molecular flexibility index (Phi) is 1.93. The minimum Gasteiger partial charge on any atom is -0.508 e. The number of carbonyl (C=O) groups is 1. The molecule has 0 spiro atoms. The second kappa shape index (κ2) is 3.09. The summed E-state index contributed by atoms with van der Waals surface area (Å²) in [6.45, 7) is 0. The molecular weight excluding hydrogens is 168 g/mol. The minimum atomic E-state index is -0.256. The van der Waals surface area contributed by atoms with Crippen LogP contribution in [0, 0.1) is 0 Å². The van der Waals surface area contributed by atoms with E-state index in [4.69, 9.17) is 4.74 Å². The molecule has 0 amide bonds. The lowest BCUT2D eigenvalue weighted by atomic mass is 10.1. The van der Waals surface area contributed by atoms with Gasteiger partial charge in [-0.05, 0) is 12.5 Å². The van der Waals surface area contributed by atoms with Gasteiger partial charge in [-0.1, -0.05) is 18.2 Å². The van der Waals surface area contributed by atoms with E-state index in [9.17, 15) is 9.90 Å². The van der Waals surface area contributed by atoms with Gasteiger partial charge in [-0.3, -0.25) is 4.79 Å². The molecule has 1 unspecified atom stereocenters. The lowest BCUT2D eigenvalue weighted by molar-refractivity contribution is -0.141. The Bertz CT molecular complexity index is 333. The molecule has 3 nitrogen and oxygen atoms in total. The summed E-state index contributed by atoms with van der Waals surface area (Å²) in [7, 11) is 0. The van der Waals surface area contributed by atoms with Crippen LogP contribution in [0.1, 0.15) is 24.5 Å². The SMILES string of the molecule is O=C1CCC(c2ccccc2O)O1. The average Bonchev–Trinajstić information content (AvgIpc) is 2.53. The van der Waals surface area contributed by atoms with Gasteiger partial charge in [-0.15, -0.1) is 0 Å². The molecule has 0 aromatic heterocycles. The number of benzene rings is 1. The van der Waals surface area contributed by atoms with Crippen LogP contribution in [0.15, 0.2) is 24.3 Å². The highest BCUT2D eigenvalue weighted by molar-refractivity contribution is 5.72. The number of esters is 1. The predicted molar refractivity (Wildman–Crippen MR) is 46.2 cm³/mol. The normalized spacial score (nSPS) is 21.5. The molecule has 1 aromatic rings. The van der Waals surface area contributed by atoms with Crippen molar-refractivity contribution in [1.29, 1.82) is 0 Å². The molecule has 1 heterocycles. The van der Waals surface area contributed by atoms with E-state index in [0.29, 0.717) is 18.4 Å². The van der Waals surface area contributed by atoms with Gasteiger partial charge in [-0.2, -0.15) is 0 Å². The number of hydrogen-bond donors (Lipinski definition) is 1. The Labute approximate surface area is 76.0 Å². The zero-order chi connectivity index (χ0) is 9.26. The maximum Gasteiger partial charge on any atom is 0.306 e. The number of rotatable bonds is 1. The van der Waals surface area contributed by atoms with Crippen molar-refractivity contribution in [2.24, 2.45) is 0 Å². The second-order valence-electron chi connectivity index (χ2n) is 3.08. The molecule has 1 atom stereocenters. The summed E-state index contributed by atoms with van der Waals surface area (Å²) in [5.74, 6) is 0.00968. The maximum atomic E-state index is 10.8. The summed E-state index contributed by atoms with van der Waals surface area (Å²) in [6, 6.07) is 6.94. The number of hydrogen-bond acceptors (Lipinski definition) is 3. The number of cyclic esters (lactones) is 1. The molecule has 0 bridgehead atoms.